The Labute approximate surface area is 108 Å². The Morgan fingerprint density at radius 2 is 2.00 bits per heavy atom. The van der Waals surface area contributed by atoms with E-state index in [1.54, 1.807) is 26.8 Å². The fourth-order valence-electron chi connectivity index (χ4n) is 1.95. The van der Waals surface area contributed by atoms with E-state index in [2.05, 4.69) is 6.58 Å². The molecule has 0 unspecified atom stereocenters. The molecule has 1 aromatic heterocycles. The van der Waals surface area contributed by atoms with Gasteiger partial charge in [0.2, 0.25) is 10.0 Å². The largest absolute Gasteiger partial charge is 0.465 e. The number of hydrogen-bond acceptors (Lipinski definition) is 4. The van der Waals surface area contributed by atoms with E-state index < -0.39 is 10.0 Å². The summed E-state index contributed by atoms with van der Waals surface area (Å²) in [6.45, 7) is 9.50. The molecule has 0 aromatic carbocycles. The van der Waals surface area contributed by atoms with Crippen LogP contribution in [0.5, 0.6) is 0 Å². The first kappa shape index (κ1) is 14.9. The summed E-state index contributed by atoms with van der Waals surface area (Å²) in [5, 5.41) is 0. The minimum Gasteiger partial charge on any atom is -0.465 e. The van der Waals surface area contributed by atoms with E-state index in [0.29, 0.717) is 23.6 Å². The van der Waals surface area contributed by atoms with Gasteiger partial charge in [-0.25, -0.2) is 8.42 Å². The molecule has 1 heterocycles. The van der Waals surface area contributed by atoms with Crippen LogP contribution in [0.1, 0.15) is 24.0 Å². The van der Waals surface area contributed by atoms with Crippen molar-refractivity contribution in [2.45, 2.75) is 32.2 Å². The van der Waals surface area contributed by atoms with Crippen LogP contribution in [0, 0.1) is 13.8 Å². The third-order valence-electron chi connectivity index (χ3n) is 2.81. The summed E-state index contributed by atoms with van der Waals surface area (Å²) in [7, 11) is -3.58. The number of hydrogen-bond donors (Lipinski definition) is 1. The summed E-state index contributed by atoms with van der Waals surface area (Å²) in [6.07, 6.45) is 1.56. The van der Waals surface area contributed by atoms with Crippen molar-refractivity contribution in [3.05, 3.63) is 29.7 Å². The van der Waals surface area contributed by atoms with E-state index in [1.165, 1.54) is 4.31 Å². The van der Waals surface area contributed by atoms with E-state index in [0.717, 1.165) is 0 Å². The van der Waals surface area contributed by atoms with Gasteiger partial charge in [0.05, 0.1) is 0 Å². The predicted octanol–water partition coefficient (Wildman–Crippen LogP) is 1.55. The summed E-state index contributed by atoms with van der Waals surface area (Å²) < 4.78 is 31.8. The summed E-state index contributed by atoms with van der Waals surface area (Å²) in [5.41, 5.74) is 6.16. The lowest BCUT2D eigenvalue weighted by molar-refractivity contribution is 0.453. The molecule has 0 saturated carbocycles. The number of sulfonamides is 1. The van der Waals surface area contributed by atoms with Crippen molar-refractivity contribution in [2.75, 3.05) is 13.1 Å². The number of likely N-dealkylation sites (N-methyl/N-ethyl adjacent to an activating group) is 1. The predicted molar refractivity (Wildman–Crippen MR) is 70.7 cm³/mol. The van der Waals surface area contributed by atoms with E-state index in [4.69, 9.17) is 10.2 Å². The average Bonchev–Trinajstić information content (AvgIpc) is 2.60. The zero-order valence-electron chi connectivity index (χ0n) is 11.1. The number of nitrogens with zero attached hydrogens (tertiary/aromatic N) is 1. The smallest absolute Gasteiger partial charge is 0.247 e. The maximum Gasteiger partial charge on any atom is 0.247 e. The minimum atomic E-state index is -3.58. The van der Waals surface area contributed by atoms with Gasteiger partial charge in [-0.3, -0.25) is 0 Å². The fraction of sp³-hybridized carbons (Fsp3) is 0.500. The molecular weight excluding hydrogens is 252 g/mol. The van der Waals surface area contributed by atoms with E-state index in [9.17, 15) is 8.42 Å². The zero-order valence-corrected chi connectivity index (χ0v) is 11.9. The van der Waals surface area contributed by atoms with E-state index >= 15 is 0 Å². The van der Waals surface area contributed by atoms with Crippen molar-refractivity contribution < 1.29 is 12.8 Å². The molecule has 0 aliphatic heterocycles. The van der Waals surface area contributed by atoms with Crippen molar-refractivity contribution >= 4 is 10.0 Å². The van der Waals surface area contributed by atoms with Gasteiger partial charge in [0.25, 0.3) is 0 Å². The number of furan rings is 1. The Bertz CT molecular complexity index is 532. The SMILES string of the molecule is C=CCN(CC)S(=O)(=O)c1c(C)oc(C)c1CN. The van der Waals surface area contributed by atoms with Crippen LogP contribution in [0.3, 0.4) is 0 Å². The molecule has 0 spiro atoms. The highest BCUT2D eigenvalue weighted by Crippen LogP contribution is 2.28. The molecule has 0 bridgehead atoms. The Kier molecular flexibility index (Phi) is 4.72. The third kappa shape index (κ3) is 2.50. The third-order valence-corrected chi connectivity index (χ3v) is 4.95. The van der Waals surface area contributed by atoms with Gasteiger partial charge in [-0.2, -0.15) is 4.31 Å². The molecule has 5 nitrogen and oxygen atoms in total. The Hall–Kier alpha value is -1.11. The van der Waals surface area contributed by atoms with Gasteiger partial charge in [-0.15, -0.1) is 6.58 Å². The first-order valence-electron chi connectivity index (χ1n) is 5.80. The van der Waals surface area contributed by atoms with Gasteiger partial charge >= 0.3 is 0 Å². The Morgan fingerprint density at radius 3 is 2.44 bits per heavy atom. The maximum absolute atomic E-state index is 12.5. The van der Waals surface area contributed by atoms with Crippen molar-refractivity contribution in [1.82, 2.24) is 4.31 Å². The van der Waals surface area contributed by atoms with Crippen molar-refractivity contribution in [1.29, 1.82) is 0 Å². The van der Waals surface area contributed by atoms with Gasteiger partial charge < -0.3 is 10.2 Å². The van der Waals surface area contributed by atoms with Crippen molar-refractivity contribution in [3.8, 4) is 0 Å². The maximum atomic E-state index is 12.5. The second-order valence-electron chi connectivity index (χ2n) is 3.97. The van der Waals surface area contributed by atoms with Crippen LogP contribution in [0.4, 0.5) is 0 Å². The lowest BCUT2D eigenvalue weighted by Crippen LogP contribution is -2.32. The highest BCUT2D eigenvalue weighted by atomic mass is 32.2. The standard InChI is InChI=1S/C12H20N2O3S/c1-5-7-14(6-2)18(15,16)12-10(4)17-9(3)11(12)8-13/h5H,1,6-8,13H2,2-4H3. The van der Waals surface area contributed by atoms with Crippen LogP contribution in [0.25, 0.3) is 0 Å². The van der Waals surface area contributed by atoms with Gasteiger partial charge in [0.1, 0.15) is 16.4 Å². The Balaban J connectivity index is 3.40. The number of rotatable bonds is 6. The van der Waals surface area contributed by atoms with Crippen LogP contribution in [0.2, 0.25) is 0 Å². The summed E-state index contributed by atoms with van der Waals surface area (Å²) in [4.78, 5) is 0.200. The second-order valence-corrected chi connectivity index (χ2v) is 5.85. The monoisotopic (exact) mass is 272 g/mol. The lowest BCUT2D eigenvalue weighted by atomic mass is 10.2. The summed E-state index contributed by atoms with van der Waals surface area (Å²) >= 11 is 0. The molecule has 0 aliphatic rings. The second kappa shape index (κ2) is 5.69. The van der Waals surface area contributed by atoms with Crippen molar-refractivity contribution in [2.24, 2.45) is 5.73 Å². The Morgan fingerprint density at radius 1 is 1.39 bits per heavy atom. The molecule has 2 N–H and O–H groups in total. The molecular formula is C12H20N2O3S. The molecule has 0 atom stereocenters. The van der Waals surface area contributed by atoms with Gasteiger partial charge in [0.15, 0.2) is 0 Å². The highest BCUT2D eigenvalue weighted by molar-refractivity contribution is 7.89. The van der Waals surface area contributed by atoms with Crippen LogP contribution >= 0.6 is 0 Å². The summed E-state index contributed by atoms with van der Waals surface area (Å²) in [5.74, 6) is 0.943. The lowest BCUT2D eigenvalue weighted by Gasteiger charge is -2.19. The molecule has 0 radical (unpaired) electrons. The minimum absolute atomic E-state index is 0.142. The molecule has 18 heavy (non-hydrogen) atoms. The van der Waals surface area contributed by atoms with Crippen molar-refractivity contribution in [3.63, 3.8) is 0 Å². The molecule has 1 rings (SSSR count). The van der Waals surface area contributed by atoms with Gasteiger partial charge in [0, 0.05) is 25.2 Å². The molecule has 102 valence electrons. The molecule has 1 aromatic rings. The highest BCUT2D eigenvalue weighted by Gasteiger charge is 2.30. The topological polar surface area (TPSA) is 76.5 Å². The molecule has 0 fully saturated rings. The quantitative estimate of drug-likeness (QED) is 0.797. The fourth-order valence-corrected chi connectivity index (χ4v) is 3.80. The van der Waals surface area contributed by atoms with E-state index in [1.807, 2.05) is 0 Å². The number of aryl methyl sites for hydroxylation is 2. The first-order valence-corrected chi connectivity index (χ1v) is 7.24. The van der Waals surface area contributed by atoms with Gasteiger partial charge in [-0.05, 0) is 13.8 Å². The van der Waals surface area contributed by atoms with Crippen LogP contribution in [0.15, 0.2) is 22.0 Å². The summed E-state index contributed by atoms with van der Waals surface area (Å²) in [6, 6.07) is 0. The first-order chi connectivity index (χ1) is 8.39. The number of nitrogens with two attached hydrogens (primary N) is 1. The van der Waals surface area contributed by atoms with Crippen LogP contribution in [-0.4, -0.2) is 25.8 Å². The average molecular weight is 272 g/mol. The molecule has 6 heteroatoms. The molecule has 0 amide bonds. The van der Waals surface area contributed by atoms with E-state index in [-0.39, 0.29) is 18.0 Å². The molecule has 0 saturated heterocycles. The normalized spacial score (nSPS) is 12.1. The zero-order chi connectivity index (χ0) is 13.9. The molecule has 0 aliphatic carbocycles. The van der Waals surface area contributed by atoms with Crippen LogP contribution < -0.4 is 5.73 Å². The van der Waals surface area contributed by atoms with Gasteiger partial charge in [-0.1, -0.05) is 13.0 Å². The van der Waals surface area contributed by atoms with Crippen LogP contribution in [-0.2, 0) is 16.6 Å².